The van der Waals surface area contributed by atoms with Crippen molar-refractivity contribution < 1.29 is 0 Å². The van der Waals surface area contributed by atoms with Crippen LogP contribution in [0.15, 0.2) is 23.2 Å². The summed E-state index contributed by atoms with van der Waals surface area (Å²) in [6.45, 7) is 0.445. The molecule has 2 aromatic rings. The Kier molecular flexibility index (Phi) is 1.82. The van der Waals surface area contributed by atoms with Crippen molar-refractivity contribution in [3.63, 3.8) is 0 Å². The minimum Gasteiger partial charge on any atom is -0.325 e. The average Bonchev–Trinajstić information content (AvgIpc) is 2.47. The first-order chi connectivity index (χ1) is 5.81. The van der Waals surface area contributed by atoms with Gasteiger partial charge in [-0.05, 0) is 15.9 Å². The largest absolute Gasteiger partial charge is 0.325 e. The van der Waals surface area contributed by atoms with Crippen LogP contribution in [0.2, 0.25) is 0 Å². The molecule has 12 heavy (non-hydrogen) atoms. The number of nitrogens with two attached hydrogens (primary N) is 1. The number of imidazole rings is 1. The van der Waals surface area contributed by atoms with Gasteiger partial charge in [0.25, 0.3) is 0 Å². The number of fused-ring (bicyclic) bond motifs is 1. The molecule has 0 bridgehead atoms. The third-order valence-electron chi connectivity index (χ3n) is 1.61. The van der Waals surface area contributed by atoms with Gasteiger partial charge in [-0.1, -0.05) is 0 Å². The van der Waals surface area contributed by atoms with E-state index in [9.17, 15) is 0 Å². The molecule has 0 radical (unpaired) electrons. The summed E-state index contributed by atoms with van der Waals surface area (Å²) in [5, 5.41) is 0. The van der Waals surface area contributed by atoms with Crippen molar-refractivity contribution in [3.8, 4) is 0 Å². The second-order valence-corrected chi connectivity index (χ2v) is 3.20. The Morgan fingerprint density at radius 2 is 2.25 bits per heavy atom. The van der Waals surface area contributed by atoms with Crippen molar-refractivity contribution in [2.75, 3.05) is 0 Å². The number of hydrogen-bond donors (Lipinski definition) is 1. The van der Waals surface area contributed by atoms with Crippen molar-refractivity contribution in [3.05, 3.63) is 28.9 Å². The molecule has 2 aromatic heterocycles. The van der Waals surface area contributed by atoms with Crippen molar-refractivity contribution in [2.24, 2.45) is 5.73 Å². The molecule has 0 aliphatic carbocycles. The van der Waals surface area contributed by atoms with Crippen molar-refractivity contribution in [1.29, 1.82) is 0 Å². The van der Waals surface area contributed by atoms with Gasteiger partial charge in [-0.15, -0.1) is 0 Å². The summed E-state index contributed by atoms with van der Waals surface area (Å²) in [7, 11) is 0. The molecular formula is C7H7BrN4. The normalized spacial score (nSPS) is 10.8. The van der Waals surface area contributed by atoms with E-state index in [0.29, 0.717) is 6.54 Å². The summed E-state index contributed by atoms with van der Waals surface area (Å²) in [5.74, 6) is 0. The molecule has 0 saturated carbocycles. The summed E-state index contributed by atoms with van der Waals surface area (Å²) in [6.07, 6.45) is 5.30. The number of rotatable bonds is 1. The highest BCUT2D eigenvalue weighted by molar-refractivity contribution is 9.10. The first-order valence-corrected chi connectivity index (χ1v) is 4.28. The second kappa shape index (κ2) is 2.84. The molecule has 0 spiro atoms. The lowest BCUT2D eigenvalue weighted by Gasteiger charge is -1.97. The molecular weight excluding hydrogens is 220 g/mol. The van der Waals surface area contributed by atoms with Gasteiger partial charge in [0, 0.05) is 12.7 Å². The predicted molar refractivity (Wildman–Crippen MR) is 48.6 cm³/mol. The Hall–Kier alpha value is -0.940. The SMILES string of the molecule is NCc1cn2c(Br)cnc2cn1. The molecule has 2 rings (SSSR count). The van der Waals surface area contributed by atoms with E-state index in [0.717, 1.165) is 15.9 Å². The summed E-state index contributed by atoms with van der Waals surface area (Å²) in [6, 6.07) is 0. The second-order valence-electron chi connectivity index (χ2n) is 2.39. The van der Waals surface area contributed by atoms with Crippen LogP contribution in [0.4, 0.5) is 0 Å². The third kappa shape index (κ3) is 1.11. The molecule has 0 aliphatic rings. The average molecular weight is 227 g/mol. The van der Waals surface area contributed by atoms with E-state index in [1.54, 1.807) is 12.4 Å². The fourth-order valence-electron chi connectivity index (χ4n) is 1.00. The Morgan fingerprint density at radius 3 is 3.00 bits per heavy atom. The Balaban J connectivity index is 2.71. The van der Waals surface area contributed by atoms with E-state index in [1.807, 2.05) is 10.6 Å². The molecule has 0 fully saturated rings. The molecule has 0 aromatic carbocycles. The van der Waals surface area contributed by atoms with Crippen LogP contribution in [0.5, 0.6) is 0 Å². The van der Waals surface area contributed by atoms with E-state index in [2.05, 4.69) is 25.9 Å². The minimum absolute atomic E-state index is 0.445. The first-order valence-electron chi connectivity index (χ1n) is 3.49. The van der Waals surface area contributed by atoms with Gasteiger partial charge in [-0.2, -0.15) is 0 Å². The maximum atomic E-state index is 5.45. The van der Waals surface area contributed by atoms with Gasteiger partial charge in [-0.3, -0.25) is 9.38 Å². The van der Waals surface area contributed by atoms with E-state index in [1.165, 1.54) is 0 Å². The number of hydrogen-bond acceptors (Lipinski definition) is 3. The van der Waals surface area contributed by atoms with E-state index < -0.39 is 0 Å². The van der Waals surface area contributed by atoms with E-state index >= 15 is 0 Å². The zero-order chi connectivity index (χ0) is 8.55. The van der Waals surface area contributed by atoms with Crippen LogP contribution in [0, 0.1) is 0 Å². The highest BCUT2D eigenvalue weighted by atomic mass is 79.9. The molecule has 0 aliphatic heterocycles. The summed E-state index contributed by atoms with van der Waals surface area (Å²) in [5.41, 5.74) is 7.12. The first kappa shape index (κ1) is 7.70. The summed E-state index contributed by atoms with van der Waals surface area (Å²) >= 11 is 3.36. The number of aromatic nitrogens is 3. The van der Waals surface area contributed by atoms with Crippen molar-refractivity contribution >= 4 is 21.6 Å². The molecule has 0 atom stereocenters. The van der Waals surface area contributed by atoms with Gasteiger partial charge in [0.05, 0.1) is 18.1 Å². The van der Waals surface area contributed by atoms with Gasteiger partial charge in [0.15, 0.2) is 5.65 Å². The summed E-state index contributed by atoms with van der Waals surface area (Å²) < 4.78 is 2.81. The minimum atomic E-state index is 0.445. The number of halogens is 1. The smallest absolute Gasteiger partial charge is 0.156 e. The highest BCUT2D eigenvalue weighted by Gasteiger charge is 2.00. The van der Waals surface area contributed by atoms with Crippen molar-refractivity contribution in [1.82, 2.24) is 14.4 Å². The van der Waals surface area contributed by atoms with Crippen LogP contribution in [-0.2, 0) is 6.54 Å². The van der Waals surface area contributed by atoms with Crippen LogP contribution in [-0.4, -0.2) is 14.4 Å². The van der Waals surface area contributed by atoms with Gasteiger partial charge in [0.2, 0.25) is 0 Å². The number of nitrogens with zero attached hydrogens (tertiary/aromatic N) is 3. The summed E-state index contributed by atoms with van der Waals surface area (Å²) in [4.78, 5) is 8.22. The van der Waals surface area contributed by atoms with E-state index in [-0.39, 0.29) is 0 Å². The lowest BCUT2D eigenvalue weighted by atomic mass is 10.4. The standard InChI is InChI=1S/C7H7BrN4/c8-6-2-11-7-3-10-5(1-9)4-12(6)7/h2-4H,1,9H2. The molecule has 0 amide bonds. The Morgan fingerprint density at radius 1 is 1.42 bits per heavy atom. The molecule has 4 nitrogen and oxygen atoms in total. The Labute approximate surface area is 77.6 Å². The zero-order valence-corrected chi connectivity index (χ0v) is 7.82. The van der Waals surface area contributed by atoms with Gasteiger partial charge in [-0.25, -0.2) is 4.98 Å². The fraction of sp³-hybridized carbons (Fsp3) is 0.143. The third-order valence-corrected chi connectivity index (χ3v) is 2.20. The predicted octanol–water partition coefficient (Wildman–Crippen LogP) is 0.950. The van der Waals surface area contributed by atoms with Gasteiger partial charge >= 0.3 is 0 Å². The quantitative estimate of drug-likeness (QED) is 0.788. The maximum Gasteiger partial charge on any atom is 0.156 e. The molecule has 5 heteroatoms. The van der Waals surface area contributed by atoms with Crippen LogP contribution in [0.25, 0.3) is 5.65 Å². The molecule has 2 heterocycles. The van der Waals surface area contributed by atoms with Crippen LogP contribution in [0.1, 0.15) is 5.69 Å². The van der Waals surface area contributed by atoms with Gasteiger partial charge in [0.1, 0.15) is 4.60 Å². The van der Waals surface area contributed by atoms with Crippen LogP contribution >= 0.6 is 15.9 Å². The maximum absolute atomic E-state index is 5.45. The monoisotopic (exact) mass is 226 g/mol. The van der Waals surface area contributed by atoms with E-state index in [4.69, 9.17) is 5.73 Å². The van der Waals surface area contributed by atoms with Gasteiger partial charge < -0.3 is 5.73 Å². The molecule has 0 saturated heterocycles. The zero-order valence-electron chi connectivity index (χ0n) is 6.24. The lowest BCUT2D eigenvalue weighted by Crippen LogP contribution is -2.01. The van der Waals surface area contributed by atoms with Crippen LogP contribution < -0.4 is 5.73 Å². The highest BCUT2D eigenvalue weighted by Crippen LogP contribution is 2.11. The molecule has 62 valence electrons. The van der Waals surface area contributed by atoms with Crippen molar-refractivity contribution in [2.45, 2.75) is 6.54 Å². The fourth-order valence-corrected chi connectivity index (χ4v) is 1.39. The van der Waals surface area contributed by atoms with Crippen LogP contribution in [0.3, 0.4) is 0 Å². The molecule has 0 unspecified atom stereocenters. The topological polar surface area (TPSA) is 56.2 Å². The molecule has 2 N–H and O–H groups in total. The lowest BCUT2D eigenvalue weighted by molar-refractivity contribution is 0.945. The Bertz CT molecular complexity index is 409.